The van der Waals surface area contributed by atoms with Crippen molar-refractivity contribution in [2.45, 2.75) is 6.92 Å². The van der Waals surface area contributed by atoms with Gasteiger partial charge in [-0.3, -0.25) is 10.1 Å². The first-order valence-corrected chi connectivity index (χ1v) is 7.34. The summed E-state index contributed by atoms with van der Waals surface area (Å²) in [6.45, 7) is 2.25. The molecular weight excluding hydrogens is 310 g/mol. The van der Waals surface area contributed by atoms with E-state index in [0.717, 1.165) is 17.4 Å². The van der Waals surface area contributed by atoms with E-state index >= 15 is 0 Å². The van der Waals surface area contributed by atoms with Crippen LogP contribution in [0.3, 0.4) is 0 Å². The van der Waals surface area contributed by atoms with Crippen LogP contribution in [0.4, 0.5) is 5.69 Å². The summed E-state index contributed by atoms with van der Waals surface area (Å²) in [6, 6.07) is 13.7. The standard InChI is InChI=1S/C18H17NO5/c1-14-6-2-5-9-17(14)23-12-13-24-18(20)11-10-15-7-3-4-8-16(15)19(21)22/h2-11H,12-13H2,1H3. The van der Waals surface area contributed by atoms with E-state index in [9.17, 15) is 14.9 Å². The molecule has 0 spiro atoms. The zero-order chi connectivity index (χ0) is 17.4. The summed E-state index contributed by atoms with van der Waals surface area (Å²) in [6.07, 6.45) is 2.53. The van der Waals surface area contributed by atoms with E-state index in [-0.39, 0.29) is 18.9 Å². The van der Waals surface area contributed by atoms with E-state index in [2.05, 4.69) is 0 Å². The molecular formula is C18H17NO5. The van der Waals surface area contributed by atoms with Crippen LogP contribution in [0.25, 0.3) is 6.08 Å². The minimum atomic E-state index is -0.582. The Kier molecular flexibility index (Phi) is 6.08. The lowest BCUT2D eigenvalue weighted by Gasteiger charge is -2.08. The van der Waals surface area contributed by atoms with E-state index in [0.29, 0.717) is 5.56 Å². The van der Waals surface area contributed by atoms with Crippen molar-refractivity contribution in [1.82, 2.24) is 0 Å². The third-order valence-electron chi connectivity index (χ3n) is 3.21. The number of ether oxygens (including phenoxy) is 2. The molecule has 0 aliphatic rings. The van der Waals surface area contributed by atoms with Gasteiger partial charge in [0.15, 0.2) is 0 Å². The summed E-state index contributed by atoms with van der Waals surface area (Å²) >= 11 is 0. The molecule has 0 aliphatic heterocycles. The van der Waals surface area contributed by atoms with Crippen molar-refractivity contribution < 1.29 is 19.2 Å². The van der Waals surface area contributed by atoms with E-state index in [4.69, 9.17) is 9.47 Å². The lowest BCUT2D eigenvalue weighted by atomic mass is 10.1. The van der Waals surface area contributed by atoms with Gasteiger partial charge < -0.3 is 9.47 Å². The van der Waals surface area contributed by atoms with Gasteiger partial charge in [-0.1, -0.05) is 30.3 Å². The van der Waals surface area contributed by atoms with Gasteiger partial charge in [-0.25, -0.2) is 4.79 Å². The van der Waals surface area contributed by atoms with Gasteiger partial charge >= 0.3 is 5.97 Å². The lowest BCUT2D eigenvalue weighted by molar-refractivity contribution is -0.385. The number of nitrogens with zero attached hydrogens (tertiary/aromatic N) is 1. The number of hydrogen-bond acceptors (Lipinski definition) is 5. The molecule has 124 valence electrons. The smallest absolute Gasteiger partial charge is 0.330 e. The van der Waals surface area contributed by atoms with Crippen molar-refractivity contribution in [2.24, 2.45) is 0 Å². The highest BCUT2D eigenvalue weighted by molar-refractivity contribution is 5.87. The van der Waals surface area contributed by atoms with Crippen LogP contribution >= 0.6 is 0 Å². The Morgan fingerprint density at radius 2 is 1.83 bits per heavy atom. The molecule has 0 aliphatic carbocycles. The van der Waals surface area contributed by atoms with Gasteiger partial charge in [0, 0.05) is 12.1 Å². The third-order valence-corrected chi connectivity index (χ3v) is 3.21. The topological polar surface area (TPSA) is 78.7 Å². The first kappa shape index (κ1) is 17.2. The molecule has 0 unspecified atom stereocenters. The van der Waals surface area contributed by atoms with Crippen LogP contribution in [0.1, 0.15) is 11.1 Å². The fraction of sp³-hybridized carbons (Fsp3) is 0.167. The molecule has 0 N–H and O–H groups in total. The number of hydrogen-bond donors (Lipinski definition) is 0. The molecule has 2 rings (SSSR count). The quantitative estimate of drug-likeness (QED) is 0.255. The maximum absolute atomic E-state index is 11.6. The molecule has 0 radical (unpaired) electrons. The SMILES string of the molecule is Cc1ccccc1OCCOC(=O)C=Cc1ccccc1[N+](=O)[O-]. The zero-order valence-electron chi connectivity index (χ0n) is 13.2. The van der Waals surface area contributed by atoms with Crippen molar-refractivity contribution in [3.63, 3.8) is 0 Å². The van der Waals surface area contributed by atoms with Gasteiger partial charge in [0.2, 0.25) is 0 Å². The zero-order valence-corrected chi connectivity index (χ0v) is 13.2. The number of esters is 1. The van der Waals surface area contributed by atoms with Crippen molar-refractivity contribution >= 4 is 17.7 Å². The average molecular weight is 327 g/mol. The summed E-state index contributed by atoms with van der Waals surface area (Å²) in [5.74, 6) is 0.158. The van der Waals surface area contributed by atoms with Gasteiger partial charge in [-0.05, 0) is 30.7 Å². The molecule has 6 heteroatoms. The van der Waals surface area contributed by atoms with Crippen molar-refractivity contribution in [2.75, 3.05) is 13.2 Å². The van der Waals surface area contributed by atoms with E-state index in [1.165, 1.54) is 12.1 Å². The molecule has 0 amide bonds. The van der Waals surface area contributed by atoms with Crippen LogP contribution in [-0.2, 0) is 9.53 Å². The minimum Gasteiger partial charge on any atom is -0.490 e. The van der Waals surface area contributed by atoms with Crippen LogP contribution in [0.5, 0.6) is 5.75 Å². The monoisotopic (exact) mass is 327 g/mol. The van der Waals surface area contributed by atoms with E-state index in [1.807, 2.05) is 31.2 Å². The Labute approximate surface area is 139 Å². The van der Waals surface area contributed by atoms with E-state index < -0.39 is 10.9 Å². The first-order valence-electron chi connectivity index (χ1n) is 7.34. The van der Waals surface area contributed by atoms with Gasteiger partial charge in [0.1, 0.15) is 19.0 Å². The fourth-order valence-electron chi connectivity index (χ4n) is 2.01. The Balaban J connectivity index is 1.81. The molecule has 0 saturated carbocycles. The predicted molar refractivity (Wildman–Crippen MR) is 89.8 cm³/mol. The molecule has 0 fully saturated rings. The Morgan fingerprint density at radius 1 is 1.12 bits per heavy atom. The highest BCUT2D eigenvalue weighted by atomic mass is 16.6. The average Bonchev–Trinajstić information content (AvgIpc) is 2.58. The lowest BCUT2D eigenvalue weighted by Crippen LogP contribution is -2.10. The number of nitro groups is 1. The molecule has 0 heterocycles. The molecule has 0 atom stereocenters. The second-order valence-corrected chi connectivity index (χ2v) is 4.93. The second kappa shape index (κ2) is 8.47. The van der Waals surface area contributed by atoms with Crippen molar-refractivity contribution in [3.8, 4) is 5.75 Å². The van der Waals surface area contributed by atoms with Gasteiger partial charge in [-0.15, -0.1) is 0 Å². The third kappa shape index (κ3) is 4.95. The molecule has 6 nitrogen and oxygen atoms in total. The number of aryl methyl sites for hydroxylation is 1. The highest BCUT2D eigenvalue weighted by Crippen LogP contribution is 2.19. The number of benzene rings is 2. The number of para-hydroxylation sites is 2. The second-order valence-electron chi connectivity index (χ2n) is 4.93. The fourth-order valence-corrected chi connectivity index (χ4v) is 2.01. The summed E-state index contributed by atoms with van der Waals surface area (Å²) < 4.78 is 10.5. The molecule has 0 aromatic heterocycles. The van der Waals surface area contributed by atoms with Crippen LogP contribution < -0.4 is 4.74 Å². The predicted octanol–water partition coefficient (Wildman–Crippen LogP) is 3.54. The minimum absolute atomic E-state index is 0.0653. The number of rotatable bonds is 7. The van der Waals surface area contributed by atoms with Gasteiger partial charge in [0.25, 0.3) is 5.69 Å². The summed E-state index contributed by atoms with van der Waals surface area (Å²) in [5, 5.41) is 10.9. The summed E-state index contributed by atoms with van der Waals surface area (Å²) in [7, 11) is 0. The maximum atomic E-state index is 11.6. The van der Waals surface area contributed by atoms with E-state index in [1.54, 1.807) is 18.2 Å². The normalized spacial score (nSPS) is 10.5. The van der Waals surface area contributed by atoms with Crippen LogP contribution in [0, 0.1) is 17.0 Å². The molecule has 0 bridgehead atoms. The summed E-state index contributed by atoms with van der Waals surface area (Å²) in [5.41, 5.74) is 1.28. The number of carbonyl (C=O) groups excluding carboxylic acids is 1. The number of nitro benzene ring substituents is 1. The number of carbonyl (C=O) groups is 1. The van der Waals surface area contributed by atoms with Crippen molar-refractivity contribution in [3.05, 3.63) is 75.8 Å². The molecule has 0 saturated heterocycles. The van der Waals surface area contributed by atoms with Crippen molar-refractivity contribution in [1.29, 1.82) is 0 Å². The molecule has 24 heavy (non-hydrogen) atoms. The maximum Gasteiger partial charge on any atom is 0.330 e. The molecule has 2 aromatic rings. The summed E-state index contributed by atoms with van der Waals surface area (Å²) in [4.78, 5) is 22.0. The Bertz CT molecular complexity index is 755. The Morgan fingerprint density at radius 3 is 2.58 bits per heavy atom. The van der Waals surface area contributed by atoms with Crippen LogP contribution in [0.2, 0.25) is 0 Å². The highest BCUT2D eigenvalue weighted by Gasteiger charge is 2.09. The Hall–Kier alpha value is -3.15. The van der Waals surface area contributed by atoms with Crippen LogP contribution in [0.15, 0.2) is 54.6 Å². The first-order chi connectivity index (χ1) is 11.6. The van der Waals surface area contributed by atoms with Gasteiger partial charge in [0.05, 0.1) is 10.5 Å². The molecule has 2 aromatic carbocycles. The van der Waals surface area contributed by atoms with Crippen LogP contribution in [-0.4, -0.2) is 24.1 Å². The largest absolute Gasteiger partial charge is 0.490 e. The van der Waals surface area contributed by atoms with Gasteiger partial charge in [-0.2, -0.15) is 0 Å².